The largest absolute Gasteiger partial charge is 0.294 e. The van der Waals surface area contributed by atoms with Crippen LogP contribution in [0.4, 0.5) is 0 Å². The van der Waals surface area contributed by atoms with E-state index in [1.54, 1.807) is 0 Å². The summed E-state index contributed by atoms with van der Waals surface area (Å²) in [7, 11) is 0. The Hall–Kier alpha value is -0.0400. The van der Waals surface area contributed by atoms with E-state index in [1.807, 2.05) is 0 Å². The van der Waals surface area contributed by atoms with Crippen molar-refractivity contribution in [2.45, 2.75) is 67.0 Å². The minimum absolute atomic E-state index is 0.314. The van der Waals surface area contributed by atoms with Gasteiger partial charge in [0.1, 0.15) is 0 Å². The molecule has 0 spiro atoms. The van der Waals surface area contributed by atoms with Crippen LogP contribution in [0.5, 0.6) is 0 Å². The summed E-state index contributed by atoms with van der Waals surface area (Å²) in [5.41, 5.74) is 1.32. The van der Waals surface area contributed by atoms with Gasteiger partial charge < -0.3 is 0 Å². The zero-order valence-electron chi connectivity index (χ0n) is 12.4. The van der Waals surface area contributed by atoms with Crippen LogP contribution < -0.4 is 0 Å². The molecule has 1 heteroatoms. The van der Waals surface area contributed by atoms with E-state index in [-0.39, 0.29) is 0 Å². The van der Waals surface area contributed by atoms with E-state index in [2.05, 4.69) is 60.3 Å². The first-order valence-electron chi connectivity index (χ1n) is 6.76. The molecule has 1 aliphatic carbocycles. The predicted octanol–water partition coefficient (Wildman–Crippen LogP) is 3.79. The molecule has 16 heavy (non-hydrogen) atoms. The van der Waals surface area contributed by atoms with E-state index in [9.17, 15) is 0 Å². The number of hydrogen-bond donors (Lipinski definition) is 0. The Morgan fingerprint density at radius 1 is 1.06 bits per heavy atom. The number of fused-ring (bicyclic) bond motifs is 1. The summed E-state index contributed by atoms with van der Waals surface area (Å²) in [4.78, 5) is 2.76. The second-order valence-corrected chi connectivity index (χ2v) is 8.43. The summed E-state index contributed by atoms with van der Waals surface area (Å²) in [6.07, 6.45) is 0. The smallest absolute Gasteiger partial charge is 0.0186 e. The third-order valence-electron chi connectivity index (χ3n) is 5.17. The third-order valence-corrected chi connectivity index (χ3v) is 5.17. The maximum Gasteiger partial charge on any atom is 0.0186 e. The van der Waals surface area contributed by atoms with Crippen molar-refractivity contribution in [3.8, 4) is 0 Å². The van der Waals surface area contributed by atoms with Crippen LogP contribution in [0.1, 0.15) is 55.4 Å². The summed E-state index contributed by atoms with van der Waals surface area (Å²) in [5, 5.41) is 0. The van der Waals surface area contributed by atoms with Gasteiger partial charge in [-0.05, 0) is 43.4 Å². The Labute approximate surface area is 102 Å². The van der Waals surface area contributed by atoms with Crippen molar-refractivity contribution in [1.82, 2.24) is 4.90 Å². The van der Waals surface area contributed by atoms with Crippen LogP contribution in [-0.4, -0.2) is 23.0 Å². The number of hydrogen-bond acceptors (Lipinski definition) is 1. The van der Waals surface area contributed by atoms with Crippen molar-refractivity contribution in [3.63, 3.8) is 0 Å². The zero-order valence-corrected chi connectivity index (χ0v) is 12.4. The quantitative estimate of drug-likeness (QED) is 0.604. The molecule has 94 valence electrons. The van der Waals surface area contributed by atoms with Gasteiger partial charge in [0.05, 0.1) is 0 Å². The van der Waals surface area contributed by atoms with Gasteiger partial charge in [0.15, 0.2) is 0 Å². The van der Waals surface area contributed by atoms with Gasteiger partial charge in [0, 0.05) is 18.1 Å². The first-order chi connectivity index (χ1) is 6.99. The Morgan fingerprint density at radius 2 is 1.56 bits per heavy atom. The average Bonchev–Trinajstić information content (AvgIpc) is 2.46. The molecule has 0 amide bonds. The van der Waals surface area contributed by atoms with Gasteiger partial charge >= 0.3 is 0 Å². The fraction of sp³-hybridized carbons (Fsp3) is 1.00. The summed E-state index contributed by atoms with van der Waals surface area (Å²) >= 11 is 0. The number of rotatable bonds is 0. The molecule has 1 heterocycles. The summed E-state index contributed by atoms with van der Waals surface area (Å²) < 4.78 is 0. The van der Waals surface area contributed by atoms with Gasteiger partial charge in [-0.2, -0.15) is 0 Å². The van der Waals surface area contributed by atoms with E-state index in [4.69, 9.17) is 0 Å². The highest BCUT2D eigenvalue weighted by Gasteiger charge is 2.70. The SMILES string of the molecule is CC1C2C(C(C)(C)C)N(C(C)(C)C)CC12C. The van der Waals surface area contributed by atoms with E-state index in [0.29, 0.717) is 16.4 Å². The highest BCUT2D eigenvalue weighted by Crippen LogP contribution is 2.68. The van der Waals surface area contributed by atoms with Gasteiger partial charge in [-0.1, -0.05) is 34.6 Å². The minimum atomic E-state index is 0.314. The Bertz CT molecular complexity index is 294. The number of likely N-dealkylation sites (tertiary alicyclic amines) is 1. The van der Waals surface area contributed by atoms with Crippen molar-refractivity contribution in [2.24, 2.45) is 22.7 Å². The normalized spacial score (nSPS) is 44.6. The topological polar surface area (TPSA) is 3.24 Å². The molecule has 4 atom stereocenters. The average molecular weight is 223 g/mol. The molecule has 2 rings (SSSR count). The molecule has 1 saturated heterocycles. The monoisotopic (exact) mass is 223 g/mol. The molecule has 2 fully saturated rings. The van der Waals surface area contributed by atoms with Crippen LogP contribution in [0.2, 0.25) is 0 Å². The lowest BCUT2D eigenvalue weighted by Gasteiger charge is -2.45. The first kappa shape index (κ1) is 12.4. The molecule has 0 aromatic rings. The van der Waals surface area contributed by atoms with Crippen LogP contribution in [0.3, 0.4) is 0 Å². The molecule has 2 aliphatic rings. The molecule has 0 bridgehead atoms. The van der Waals surface area contributed by atoms with E-state index in [0.717, 1.165) is 17.9 Å². The molecule has 4 unspecified atom stereocenters. The fourth-order valence-corrected chi connectivity index (χ4v) is 4.04. The van der Waals surface area contributed by atoms with Crippen molar-refractivity contribution >= 4 is 0 Å². The molecular weight excluding hydrogens is 194 g/mol. The molecule has 0 aromatic carbocycles. The second kappa shape index (κ2) is 3.04. The third kappa shape index (κ3) is 1.54. The summed E-state index contributed by atoms with van der Waals surface area (Å²) in [5.74, 6) is 1.85. The lowest BCUT2D eigenvalue weighted by Crippen LogP contribution is -2.52. The Kier molecular flexibility index (Phi) is 2.36. The minimum Gasteiger partial charge on any atom is -0.294 e. The predicted molar refractivity (Wildman–Crippen MR) is 70.5 cm³/mol. The molecule has 1 nitrogen and oxygen atoms in total. The summed E-state index contributed by atoms with van der Waals surface area (Å²) in [6, 6.07) is 0.757. The van der Waals surface area contributed by atoms with Gasteiger partial charge in [-0.3, -0.25) is 4.90 Å². The van der Waals surface area contributed by atoms with Gasteiger partial charge in [-0.25, -0.2) is 0 Å². The fourth-order valence-electron chi connectivity index (χ4n) is 4.04. The maximum absolute atomic E-state index is 2.76. The highest BCUT2D eigenvalue weighted by molar-refractivity contribution is 5.21. The van der Waals surface area contributed by atoms with Crippen molar-refractivity contribution in [3.05, 3.63) is 0 Å². The van der Waals surface area contributed by atoms with Gasteiger partial charge in [0.25, 0.3) is 0 Å². The molecular formula is C15H29N. The Balaban J connectivity index is 2.31. The molecule has 0 radical (unpaired) electrons. The van der Waals surface area contributed by atoms with E-state index < -0.39 is 0 Å². The van der Waals surface area contributed by atoms with Crippen LogP contribution in [0.25, 0.3) is 0 Å². The van der Waals surface area contributed by atoms with Crippen LogP contribution >= 0.6 is 0 Å². The van der Waals surface area contributed by atoms with Crippen molar-refractivity contribution in [1.29, 1.82) is 0 Å². The highest BCUT2D eigenvalue weighted by atomic mass is 15.3. The van der Waals surface area contributed by atoms with Crippen molar-refractivity contribution < 1.29 is 0 Å². The number of piperidine rings is 1. The first-order valence-corrected chi connectivity index (χ1v) is 6.76. The Morgan fingerprint density at radius 3 is 1.94 bits per heavy atom. The molecule has 1 saturated carbocycles. The van der Waals surface area contributed by atoms with Crippen LogP contribution in [0.15, 0.2) is 0 Å². The second-order valence-electron chi connectivity index (χ2n) is 8.43. The summed E-state index contributed by atoms with van der Waals surface area (Å²) in [6.45, 7) is 20.6. The number of nitrogens with zero attached hydrogens (tertiary/aromatic N) is 1. The lowest BCUT2D eigenvalue weighted by atomic mass is 9.81. The van der Waals surface area contributed by atoms with Gasteiger partial charge in [0.2, 0.25) is 0 Å². The maximum atomic E-state index is 2.76. The van der Waals surface area contributed by atoms with Crippen LogP contribution in [-0.2, 0) is 0 Å². The van der Waals surface area contributed by atoms with Crippen LogP contribution in [0, 0.1) is 22.7 Å². The van der Waals surface area contributed by atoms with E-state index in [1.165, 1.54) is 6.54 Å². The van der Waals surface area contributed by atoms with Gasteiger partial charge in [-0.15, -0.1) is 0 Å². The lowest BCUT2D eigenvalue weighted by molar-refractivity contribution is 0.0281. The zero-order chi connectivity index (χ0) is 12.5. The van der Waals surface area contributed by atoms with Crippen molar-refractivity contribution in [2.75, 3.05) is 6.54 Å². The van der Waals surface area contributed by atoms with E-state index >= 15 is 0 Å². The molecule has 1 aliphatic heterocycles. The molecule has 0 aromatic heterocycles. The molecule has 0 N–H and O–H groups in total. The standard InChI is InChI=1S/C15H29N/c1-10-11-12(13(2,3)4)16(14(5,6)7)9-15(10,11)8/h10-12H,9H2,1-8H3.